The van der Waals surface area contributed by atoms with Crippen LogP contribution < -0.4 is 14.8 Å². The second-order valence-corrected chi connectivity index (χ2v) is 6.40. The number of rotatable bonds is 10. The molecule has 0 fully saturated rings. The van der Waals surface area contributed by atoms with Crippen molar-refractivity contribution in [2.24, 2.45) is 0 Å². The third kappa shape index (κ3) is 5.69. The zero-order valence-electron chi connectivity index (χ0n) is 17.4. The molecule has 8 nitrogen and oxygen atoms in total. The molecule has 3 aromatic rings. The maximum atomic E-state index is 12.9. The monoisotopic (exact) mass is 421 g/mol. The van der Waals surface area contributed by atoms with E-state index in [9.17, 15) is 4.79 Å². The highest BCUT2D eigenvalue weighted by Gasteiger charge is 2.17. The number of nitrogens with zero attached hydrogens (tertiary/aromatic N) is 2. The molecule has 1 amide bonds. The molecule has 0 radical (unpaired) electrons. The number of carbonyl (C=O) groups excluding carboxylic acids is 1. The predicted molar refractivity (Wildman–Crippen MR) is 117 cm³/mol. The minimum Gasteiger partial charge on any atom is -0.487 e. The van der Waals surface area contributed by atoms with Crippen molar-refractivity contribution < 1.29 is 23.7 Å². The van der Waals surface area contributed by atoms with Crippen LogP contribution in [0.5, 0.6) is 11.5 Å². The number of hydrogen-bond acceptors (Lipinski definition) is 7. The molecule has 0 unspecified atom stereocenters. The summed E-state index contributed by atoms with van der Waals surface area (Å²) in [5.74, 6) is 3.10. The maximum absolute atomic E-state index is 12.9. The molecule has 1 aromatic heterocycles. The van der Waals surface area contributed by atoms with Crippen LogP contribution in [0.4, 0.5) is 5.69 Å². The molecule has 2 aromatic carbocycles. The Bertz CT molecular complexity index is 1090. The number of hydrogen-bond donors (Lipinski definition) is 1. The lowest BCUT2D eigenvalue weighted by Crippen LogP contribution is -2.15. The molecule has 0 saturated carbocycles. The molecule has 0 aliphatic heterocycles. The van der Waals surface area contributed by atoms with Crippen LogP contribution in [0.3, 0.4) is 0 Å². The van der Waals surface area contributed by atoms with Crippen LogP contribution >= 0.6 is 0 Å². The lowest BCUT2D eigenvalue weighted by molar-refractivity contribution is 0.102. The molecule has 0 aliphatic rings. The quantitative estimate of drug-likeness (QED) is 0.397. The average Bonchev–Trinajstić information content (AvgIpc) is 2.79. The summed E-state index contributed by atoms with van der Waals surface area (Å²) in [4.78, 5) is 21.4. The summed E-state index contributed by atoms with van der Waals surface area (Å²) >= 11 is 0. The number of benzene rings is 2. The molecular formula is C23H23N3O5. The zero-order valence-corrected chi connectivity index (χ0v) is 17.4. The molecule has 0 atom stereocenters. The van der Waals surface area contributed by atoms with Crippen LogP contribution in [-0.4, -0.2) is 56.5 Å². The van der Waals surface area contributed by atoms with Crippen LogP contribution in [0.15, 0.2) is 42.7 Å². The largest absolute Gasteiger partial charge is 0.487 e. The lowest BCUT2D eigenvalue weighted by Gasteiger charge is -2.14. The van der Waals surface area contributed by atoms with Crippen molar-refractivity contribution in [1.82, 2.24) is 9.97 Å². The third-order valence-electron chi connectivity index (χ3n) is 4.29. The van der Waals surface area contributed by atoms with E-state index in [0.29, 0.717) is 60.1 Å². The molecular weight excluding hydrogens is 398 g/mol. The number of terminal acetylenes is 1. The van der Waals surface area contributed by atoms with E-state index < -0.39 is 5.91 Å². The Hall–Kier alpha value is -3.67. The molecule has 0 saturated heterocycles. The van der Waals surface area contributed by atoms with Crippen LogP contribution in [0.1, 0.15) is 16.1 Å². The van der Waals surface area contributed by atoms with Crippen molar-refractivity contribution >= 4 is 22.5 Å². The van der Waals surface area contributed by atoms with Gasteiger partial charge < -0.3 is 24.3 Å². The maximum Gasteiger partial charge on any atom is 0.275 e. The number of aromatic nitrogens is 2. The van der Waals surface area contributed by atoms with Gasteiger partial charge in [-0.15, -0.1) is 6.42 Å². The summed E-state index contributed by atoms with van der Waals surface area (Å²) in [7, 11) is 3.18. The number of anilines is 1. The van der Waals surface area contributed by atoms with E-state index in [1.54, 1.807) is 50.6 Å². The van der Waals surface area contributed by atoms with Gasteiger partial charge in [-0.1, -0.05) is 12.0 Å². The molecule has 0 spiro atoms. The van der Waals surface area contributed by atoms with Gasteiger partial charge in [-0.05, 0) is 24.3 Å². The Balaban J connectivity index is 1.94. The minimum atomic E-state index is -0.391. The molecule has 160 valence electrons. The third-order valence-corrected chi connectivity index (χ3v) is 4.29. The van der Waals surface area contributed by atoms with E-state index in [1.165, 1.54) is 6.33 Å². The second-order valence-electron chi connectivity index (χ2n) is 6.40. The Morgan fingerprint density at radius 2 is 1.71 bits per heavy atom. The van der Waals surface area contributed by atoms with E-state index in [0.717, 1.165) is 0 Å². The normalized spacial score (nSPS) is 10.5. The van der Waals surface area contributed by atoms with Crippen molar-refractivity contribution in [2.75, 3.05) is 46.0 Å². The standard InChI is InChI=1S/C23H23N3O5/c1-4-16-6-5-7-17(12-16)26-23(27)22-18-13-20(30-10-8-28-2)21(31-11-9-29-3)14-19(18)24-15-25-22/h1,5-7,12-15H,8-11H2,2-3H3,(H,26,27). The summed E-state index contributed by atoms with van der Waals surface area (Å²) in [6.45, 7) is 1.48. The smallest absolute Gasteiger partial charge is 0.275 e. The van der Waals surface area contributed by atoms with Crippen molar-refractivity contribution in [3.05, 3.63) is 54.0 Å². The molecule has 0 aliphatic carbocycles. The van der Waals surface area contributed by atoms with Gasteiger partial charge in [0.15, 0.2) is 11.5 Å². The van der Waals surface area contributed by atoms with Gasteiger partial charge in [0.05, 0.1) is 18.7 Å². The van der Waals surface area contributed by atoms with E-state index >= 15 is 0 Å². The summed E-state index contributed by atoms with van der Waals surface area (Å²) < 4.78 is 21.7. The zero-order chi connectivity index (χ0) is 22.1. The topological polar surface area (TPSA) is 91.8 Å². The van der Waals surface area contributed by atoms with Crippen LogP contribution in [0.2, 0.25) is 0 Å². The number of ether oxygens (including phenoxy) is 4. The molecule has 3 rings (SSSR count). The second kappa shape index (κ2) is 10.9. The molecule has 31 heavy (non-hydrogen) atoms. The van der Waals surface area contributed by atoms with Gasteiger partial charge in [0.2, 0.25) is 0 Å². The van der Waals surface area contributed by atoms with E-state index in [2.05, 4.69) is 21.2 Å². The summed E-state index contributed by atoms with van der Waals surface area (Å²) in [5, 5.41) is 3.35. The van der Waals surface area contributed by atoms with Gasteiger partial charge in [0, 0.05) is 36.9 Å². The summed E-state index contributed by atoms with van der Waals surface area (Å²) in [6, 6.07) is 10.4. The molecule has 1 heterocycles. The Morgan fingerprint density at radius 1 is 1.00 bits per heavy atom. The highest BCUT2D eigenvalue weighted by Crippen LogP contribution is 2.33. The fraction of sp³-hybridized carbons (Fsp3) is 0.261. The Kier molecular flexibility index (Phi) is 7.76. The van der Waals surface area contributed by atoms with Gasteiger partial charge in [0.1, 0.15) is 25.2 Å². The molecule has 1 N–H and O–H groups in total. The first-order chi connectivity index (χ1) is 15.2. The molecule has 8 heteroatoms. The SMILES string of the molecule is C#Cc1cccc(NC(=O)c2ncnc3cc(OCCOC)c(OCCOC)cc23)c1. The van der Waals surface area contributed by atoms with Crippen molar-refractivity contribution in [3.8, 4) is 23.8 Å². The first kappa shape index (κ1) is 22.0. The number of fused-ring (bicyclic) bond motifs is 1. The van der Waals surface area contributed by atoms with Gasteiger partial charge in [-0.25, -0.2) is 9.97 Å². The Labute approximate surface area is 180 Å². The van der Waals surface area contributed by atoms with Gasteiger partial charge >= 0.3 is 0 Å². The van der Waals surface area contributed by atoms with Gasteiger partial charge in [-0.3, -0.25) is 4.79 Å². The minimum absolute atomic E-state index is 0.205. The van der Waals surface area contributed by atoms with E-state index in [-0.39, 0.29) is 5.69 Å². The summed E-state index contributed by atoms with van der Waals surface area (Å²) in [5.41, 5.74) is 1.99. The lowest BCUT2D eigenvalue weighted by atomic mass is 10.1. The molecule has 0 bridgehead atoms. The highest BCUT2D eigenvalue weighted by atomic mass is 16.5. The van der Waals surface area contributed by atoms with Crippen LogP contribution in [-0.2, 0) is 9.47 Å². The van der Waals surface area contributed by atoms with E-state index in [1.807, 2.05) is 0 Å². The number of methoxy groups -OCH3 is 2. The first-order valence-electron chi connectivity index (χ1n) is 9.56. The van der Waals surface area contributed by atoms with Crippen molar-refractivity contribution in [1.29, 1.82) is 0 Å². The van der Waals surface area contributed by atoms with Crippen molar-refractivity contribution in [3.63, 3.8) is 0 Å². The van der Waals surface area contributed by atoms with Gasteiger partial charge in [-0.2, -0.15) is 0 Å². The van der Waals surface area contributed by atoms with Crippen LogP contribution in [0.25, 0.3) is 10.9 Å². The average molecular weight is 421 g/mol. The Morgan fingerprint density at radius 3 is 2.39 bits per heavy atom. The highest BCUT2D eigenvalue weighted by molar-refractivity contribution is 6.11. The van der Waals surface area contributed by atoms with Crippen LogP contribution in [0, 0.1) is 12.3 Å². The fourth-order valence-corrected chi connectivity index (χ4v) is 2.82. The number of nitrogens with one attached hydrogen (secondary N) is 1. The van der Waals surface area contributed by atoms with E-state index in [4.69, 9.17) is 25.4 Å². The predicted octanol–water partition coefficient (Wildman–Crippen LogP) is 2.91. The van der Waals surface area contributed by atoms with Gasteiger partial charge in [0.25, 0.3) is 5.91 Å². The number of carbonyl (C=O) groups is 1. The summed E-state index contributed by atoms with van der Waals surface area (Å²) in [6.07, 6.45) is 6.77. The number of amides is 1. The van der Waals surface area contributed by atoms with Crippen molar-refractivity contribution in [2.45, 2.75) is 0 Å². The fourth-order valence-electron chi connectivity index (χ4n) is 2.82. The first-order valence-corrected chi connectivity index (χ1v) is 9.56.